The average Bonchev–Trinajstić information content (AvgIpc) is 2.56. The van der Waals surface area contributed by atoms with E-state index in [4.69, 9.17) is 0 Å². The summed E-state index contributed by atoms with van der Waals surface area (Å²) in [5, 5.41) is 3.42. The highest BCUT2D eigenvalue weighted by atomic mass is 32.2. The van der Waals surface area contributed by atoms with Crippen molar-refractivity contribution < 1.29 is 0 Å². The average molecular weight is 300 g/mol. The first-order chi connectivity index (χ1) is 10.3. The standard InChI is InChI=1S/C18H24N2S/c1-4-14(3)15(5-2)13-21-17-10-7-6-9-16(17)18-19-11-8-12-20-18/h4-7,9-10H,8,11-13H2,1-3H3,(H,19,20)/b14-4-,15-5-. The molecule has 0 radical (unpaired) electrons. The highest BCUT2D eigenvalue weighted by molar-refractivity contribution is 7.99. The molecule has 0 saturated heterocycles. The van der Waals surface area contributed by atoms with Gasteiger partial charge in [-0.05, 0) is 38.8 Å². The minimum absolute atomic E-state index is 0.930. The number of allylic oxidation sites excluding steroid dienone is 3. The lowest BCUT2D eigenvalue weighted by Crippen LogP contribution is -2.30. The number of thioether (sulfide) groups is 1. The molecule has 112 valence electrons. The number of hydrogen-bond donors (Lipinski definition) is 1. The molecule has 21 heavy (non-hydrogen) atoms. The minimum Gasteiger partial charge on any atom is -0.370 e. The molecule has 0 atom stereocenters. The normalized spacial score (nSPS) is 16.4. The van der Waals surface area contributed by atoms with Crippen LogP contribution in [0.2, 0.25) is 0 Å². The molecule has 1 aliphatic rings. The predicted molar refractivity (Wildman–Crippen MR) is 94.4 cm³/mol. The van der Waals surface area contributed by atoms with E-state index < -0.39 is 0 Å². The monoisotopic (exact) mass is 300 g/mol. The summed E-state index contributed by atoms with van der Waals surface area (Å²) in [5.74, 6) is 2.05. The first-order valence-electron chi connectivity index (χ1n) is 7.55. The van der Waals surface area contributed by atoms with Gasteiger partial charge in [0.05, 0.1) is 0 Å². The van der Waals surface area contributed by atoms with E-state index in [0.29, 0.717) is 0 Å². The van der Waals surface area contributed by atoms with Crippen molar-refractivity contribution in [2.24, 2.45) is 4.99 Å². The summed E-state index contributed by atoms with van der Waals surface area (Å²) in [6.07, 6.45) is 5.51. The molecule has 1 N–H and O–H groups in total. The summed E-state index contributed by atoms with van der Waals surface area (Å²) in [5.41, 5.74) is 3.99. The number of benzene rings is 1. The fourth-order valence-electron chi connectivity index (χ4n) is 2.27. The van der Waals surface area contributed by atoms with E-state index in [2.05, 4.69) is 67.5 Å². The van der Waals surface area contributed by atoms with Gasteiger partial charge in [-0.1, -0.05) is 35.9 Å². The molecule has 2 nitrogen and oxygen atoms in total. The molecule has 0 unspecified atom stereocenters. The molecule has 0 saturated carbocycles. The number of nitrogens with zero attached hydrogens (tertiary/aromatic N) is 1. The van der Waals surface area contributed by atoms with Gasteiger partial charge in [-0.15, -0.1) is 11.8 Å². The molecular weight excluding hydrogens is 276 g/mol. The van der Waals surface area contributed by atoms with Crippen LogP contribution in [0.3, 0.4) is 0 Å². The van der Waals surface area contributed by atoms with Gasteiger partial charge >= 0.3 is 0 Å². The molecule has 0 amide bonds. The van der Waals surface area contributed by atoms with Crippen LogP contribution in [0.25, 0.3) is 0 Å². The molecule has 1 heterocycles. The predicted octanol–water partition coefficient (Wildman–Crippen LogP) is 4.43. The van der Waals surface area contributed by atoms with E-state index in [-0.39, 0.29) is 0 Å². The van der Waals surface area contributed by atoms with Crippen molar-refractivity contribution in [2.45, 2.75) is 32.1 Å². The van der Waals surface area contributed by atoms with Crippen molar-refractivity contribution in [3.05, 3.63) is 53.1 Å². The summed E-state index contributed by atoms with van der Waals surface area (Å²) < 4.78 is 0. The van der Waals surface area contributed by atoms with Crippen LogP contribution in [0.4, 0.5) is 0 Å². The molecule has 0 aromatic heterocycles. The van der Waals surface area contributed by atoms with Crippen molar-refractivity contribution in [3.8, 4) is 0 Å². The van der Waals surface area contributed by atoms with Crippen LogP contribution in [-0.4, -0.2) is 24.7 Å². The SMILES string of the molecule is C/C=C(C)\C(=C/C)CSc1ccccc1C1=NCCCN1. The Labute approximate surface area is 132 Å². The van der Waals surface area contributed by atoms with E-state index in [1.54, 1.807) is 0 Å². The van der Waals surface area contributed by atoms with Crippen molar-refractivity contribution in [2.75, 3.05) is 18.8 Å². The molecule has 3 heteroatoms. The molecule has 1 aliphatic heterocycles. The maximum atomic E-state index is 4.63. The molecule has 0 bridgehead atoms. The van der Waals surface area contributed by atoms with Gasteiger partial charge in [0.1, 0.15) is 5.84 Å². The Hall–Kier alpha value is -1.48. The summed E-state index contributed by atoms with van der Waals surface area (Å²) >= 11 is 1.89. The first-order valence-corrected chi connectivity index (χ1v) is 8.53. The molecule has 0 spiro atoms. The van der Waals surface area contributed by atoms with Crippen molar-refractivity contribution in [1.82, 2.24) is 5.32 Å². The number of aliphatic imine (C=N–C) groups is 1. The summed E-state index contributed by atoms with van der Waals surface area (Å²) in [6.45, 7) is 8.34. The summed E-state index contributed by atoms with van der Waals surface area (Å²) in [6, 6.07) is 8.55. The van der Waals surface area contributed by atoms with Crippen molar-refractivity contribution in [3.63, 3.8) is 0 Å². The Morgan fingerprint density at radius 3 is 2.76 bits per heavy atom. The lowest BCUT2D eigenvalue weighted by molar-refractivity contribution is 0.741. The summed E-state index contributed by atoms with van der Waals surface area (Å²) in [4.78, 5) is 5.93. The third-order valence-electron chi connectivity index (χ3n) is 3.71. The smallest absolute Gasteiger partial charge is 0.129 e. The lowest BCUT2D eigenvalue weighted by Gasteiger charge is -2.17. The van der Waals surface area contributed by atoms with Gasteiger partial charge in [-0.3, -0.25) is 4.99 Å². The quantitative estimate of drug-likeness (QED) is 0.642. The van der Waals surface area contributed by atoms with Crippen molar-refractivity contribution >= 4 is 17.6 Å². The number of nitrogens with one attached hydrogen (secondary N) is 1. The molecule has 0 aliphatic carbocycles. The maximum absolute atomic E-state index is 4.63. The molecular formula is C18H24N2S. The van der Waals surface area contributed by atoms with Crippen LogP contribution in [0.5, 0.6) is 0 Å². The highest BCUT2D eigenvalue weighted by Gasteiger charge is 2.12. The second kappa shape index (κ2) is 8.08. The maximum Gasteiger partial charge on any atom is 0.129 e. The van der Waals surface area contributed by atoms with Crippen LogP contribution in [0.1, 0.15) is 32.8 Å². The van der Waals surface area contributed by atoms with Gasteiger partial charge in [0, 0.05) is 29.3 Å². The van der Waals surface area contributed by atoms with Crippen LogP contribution < -0.4 is 5.32 Å². The first kappa shape index (κ1) is 15.9. The van der Waals surface area contributed by atoms with Gasteiger partial charge in [-0.2, -0.15) is 0 Å². The highest BCUT2D eigenvalue weighted by Crippen LogP contribution is 2.27. The zero-order chi connectivity index (χ0) is 15.1. The Morgan fingerprint density at radius 1 is 1.29 bits per heavy atom. The zero-order valence-corrected chi connectivity index (χ0v) is 14.0. The number of rotatable bonds is 5. The van der Waals surface area contributed by atoms with Crippen molar-refractivity contribution in [1.29, 1.82) is 0 Å². The van der Waals surface area contributed by atoms with E-state index in [0.717, 1.165) is 31.1 Å². The van der Waals surface area contributed by atoms with Crippen LogP contribution in [0, 0.1) is 0 Å². The third kappa shape index (κ3) is 4.24. The number of hydrogen-bond acceptors (Lipinski definition) is 3. The van der Waals surface area contributed by atoms with Gasteiger partial charge in [-0.25, -0.2) is 0 Å². The Kier molecular flexibility index (Phi) is 6.12. The second-order valence-electron chi connectivity index (χ2n) is 5.08. The fourth-order valence-corrected chi connectivity index (χ4v) is 3.47. The Balaban J connectivity index is 2.15. The Bertz CT molecular complexity index is 570. The zero-order valence-electron chi connectivity index (χ0n) is 13.1. The Morgan fingerprint density at radius 2 is 2.10 bits per heavy atom. The van der Waals surface area contributed by atoms with Crippen LogP contribution in [-0.2, 0) is 0 Å². The lowest BCUT2D eigenvalue weighted by atomic mass is 10.1. The molecule has 1 aromatic rings. The van der Waals surface area contributed by atoms with Crippen LogP contribution >= 0.6 is 11.8 Å². The number of amidine groups is 1. The van der Waals surface area contributed by atoms with E-state index in [1.807, 2.05) is 11.8 Å². The van der Waals surface area contributed by atoms with Gasteiger partial charge in [0.15, 0.2) is 0 Å². The van der Waals surface area contributed by atoms with Crippen LogP contribution in [0.15, 0.2) is 57.5 Å². The largest absolute Gasteiger partial charge is 0.370 e. The molecule has 0 fully saturated rings. The fraction of sp³-hybridized carbons (Fsp3) is 0.389. The van der Waals surface area contributed by atoms with Gasteiger partial charge < -0.3 is 5.32 Å². The summed E-state index contributed by atoms with van der Waals surface area (Å²) in [7, 11) is 0. The second-order valence-corrected chi connectivity index (χ2v) is 6.10. The molecule has 2 rings (SSSR count). The van der Waals surface area contributed by atoms with Gasteiger partial charge in [0.2, 0.25) is 0 Å². The third-order valence-corrected chi connectivity index (χ3v) is 4.83. The van der Waals surface area contributed by atoms with E-state index >= 15 is 0 Å². The van der Waals surface area contributed by atoms with E-state index in [9.17, 15) is 0 Å². The van der Waals surface area contributed by atoms with Gasteiger partial charge in [0.25, 0.3) is 0 Å². The minimum atomic E-state index is 0.930. The topological polar surface area (TPSA) is 24.4 Å². The molecule has 1 aromatic carbocycles. The van der Waals surface area contributed by atoms with E-state index in [1.165, 1.54) is 21.6 Å².